The molecule has 142 valence electrons. The van der Waals surface area contributed by atoms with Crippen LogP contribution in [0.5, 0.6) is 0 Å². The third kappa shape index (κ3) is 4.26. The zero-order valence-corrected chi connectivity index (χ0v) is 17.4. The molecule has 0 unspecified atom stereocenters. The lowest BCUT2D eigenvalue weighted by Gasteiger charge is -2.41. The van der Waals surface area contributed by atoms with Gasteiger partial charge in [0.2, 0.25) is 5.91 Å². The number of carbonyl (C=O) groups excluding carboxylic acids is 1. The number of halogens is 1. The van der Waals surface area contributed by atoms with Gasteiger partial charge in [-0.05, 0) is 38.0 Å². The smallest absolute Gasteiger partial charge is 0.228 e. The molecule has 2 heterocycles. The minimum absolute atomic E-state index is 0.171. The van der Waals surface area contributed by atoms with Crippen LogP contribution in [0.1, 0.15) is 35.2 Å². The summed E-state index contributed by atoms with van der Waals surface area (Å²) in [4.78, 5) is 22.4. The molecule has 0 bridgehead atoms. The van der Waals surface area contributed by atoms with Crippen LogP contribution in [0.2, 0.25) is 5.02 Å². The number of hydrogen-bond acceptors (Lipinski definition) is 5. The maximum absolute atomic E-state index is 13.1. The summed E-state index contributed by atoms with van der Waals surface area (Å²) >= 11 is 7.63. The molecule has 0 spiro atoms. The number of aryl methyl sites for hydroxylation is 1. The van der Waals surface area contributed by atoms with Crippen molar-refractivity contribution < 1.29 is 4.79 Å². The Kier molecular flexibility index (Phi) is 5.73. The summed E-state index contributed by atoms with van der Waals surface area (Å²) in [5.74, 6) is 0.171. The first kappa shape index (κ1) is 19.7. The Morgan fingerprint density at radius 3 is 2.74 bits per heavy atom. The van der Waals surface area contributed by atoms with E-state index in [9.17, 15) is 10.1 Å². The summed E-state index contributed by atoms with van der Waals surface area (Å²) < 4.78 is 0. The number of piperidine rings is 1. The van der Waals surface area contributed by atoms with E-state index in [4.69, 9.17) is 11.6 Å². The zero-order valence-electron chi connectivity index (χ0n) is 15.8. The van der Waals surface area contributed by atoms with E-state index in [2.05, 4.69) is 16.0 Å². The predicted molar refractivity (Wildman–Crippen MR) is 109 cm³/mol. The van der Waals surface area contributed by atoms with E-state index in [-0.39, 0.29) is 11.3 Å². The first-order valence-corrected chi connectivity index (χ1v) is 10.1. The number of rotatable bonds is 4. The number of carbonyl (C=O) groups is 1. The van der Waals surface area contributed by atoms with E-state index >= 15 is 0 Å². The lowest BCUT2D eigenvalue weighted by atomic mass is 9.79. The lowest BCUT2D eigenvalue weighted by Crippen LogP contribution is -2.47. The van der Waals surface area contributed by atoms with E-state index < -0.39 is 0 Å². The fourth-order valence-corrected chi connectivity index (χ4v) is 4.59. The quantitative estimate of drug-likeness (QED) is 0.767. The minimum Gasteiger partial charge on any atom is -0.370 e. The van der Waals surface area contributed by atoms with Gasteiger partial charge < -0.3 is 9.80 Å². The largest absolute Gasteiger partial charge is 0.370 e. The van der Waals surface area contributed by atoms with Crippen LogP contribution in [0, 0.1) is 23.7 Å². The average Bonchev–Trinajstić information content (AvgIpc) is 3.06. The van der Waals surface area contributed by atoms with E-state index in [1.165, 1.54) is 0 Å². The second-order valence-electron chi connectivity index (χ2n) is 7.33. The monoisotopic (exact) mass is 402 g/mol. The van der Waals surface area contributed by atoms with Crippen LogP contribution in [0.15, 0.2) is 24.4 Å². The van der Waals surface area contributed by atoms with Crippen molar-refractivity contribution in [1.82, 2.24) is 9.88 Å². The molecule has 7 heteroatoms. The first-order valence-electron chi connectivity index (χ1n) is 8.94. The standard InChI is InChI=1S/C20H23ClN4OS/c1-14-23-12-17(27-14)13-24(3)19(26)20(2)6-8-25(9-7-20)18-5-4-16(21)10-15(18)11-22/h4-5,10,12H,6-9,13H2,1-3H3. The molecule has 1 aliphatic rings. The van der Waals surface area contributed by atoms with E-state index in [1.54, 1.807) is 17.4 Å². The number of amides is 1. The Balaban J connectivity index is 1.66. The van der Waals surface area contributed by atoms with Gasteiger partial charge in [-0.25, -0.2) is 4.98 Å². The highest BCUT2D eigenvalue weighted by Crippen LogP contribution is 2.36. The van der Waals surface area contributed by atoms with Crippen molar-refractivity contribution in [3.05, 3.63) is 44.9 Å². The molecule has 1 saturated heterocycles. The fourth-order valence-electron chi connectivity index (χ4n) is 3.57. The molecule has 1 aromatic heterocycles. The average molecular weight is 403 g/mol. The fraction of sp³-hybridized carbons (Fsp3) is 0.450. The van der Waals surface area contributed by atoms with Crippen LogP contribution in [0.25, 0.3) is 0 Å². The van der Waals surface area contributed by atoms with Gasteiger partial charge in [0, 0.05) is 41.6 Å². The van der Waals surface area contributed by atoms with Gasteiger partial charge >= 0.3 is 0 Å². The van der Waals surface area contributed by atoms with Gasteiger partial charge in [-0.2, -0.15) is 5.26 Å². The van der Waals surface area contributed by atoms with Gasteiger partial charge in [-0.1, -0.05) is 18.5 Å². The molecular formula is C20H23ClN4OS. The SMILES string of the molecule is Cc1ncc(CN(C)C(=O)C2(C)CCN(c3ccc(Cl)cc3C#N)CC2)s1. The summed E-state index contributed by atoms with van der Waals surface area (Å²) in [5, 5.41) is 11.0. The Morgan fingerprint density at radius 2 is 2.15 bits per heavy atom. The third-order valence-corrected chi connectivity index (χ3v) is 6.34. The summed E-state index contributed by atoms with van der Waals surface area (Å²) in [6, 6.07) is 7.61. The van der Waals surface area contributed by atoms with Crippen LogP contribution in [-0.2, 0) is 11.3 Å². The predicted octanol–water partition coefficient (Wildman–Crippen LogP) is 4.24. The van der Waals surface area contributed by atoms with Crippen molar-refractivity contribution in [3.8, 4) is 6.07 Å². The highest BCUT2D eigenvalue weighted by atomic mass is 35.5. The zero-order chi connectivity index (χ0) is 19.6. The van der Waals surface area contributed by atoms with Crippen LogP contribution in [-0.4, -0.2) is 35.9 Å². The summed E-state index contributed by atoms with van der Waals surface area (Å²) in [6.07, 6.45) is 3.36. The van der Waals surface area contributed by atoms with Gasteiger partial charge in [-0.15, -0.1) is 11.3 Å². The van der Waals surface area contributed by atoms with Gasteiger partial charge in [-0.3, -0.25) is 4.79 Å². The molecule has 0 saturated carbocycles. The van der Waals surface area contributed by atoms with Crippen molar-refractivity contribution in [2.45, 2.75) is 33.2 Å². The molecule has 1 amide bonds. The van der Waals surface area contributed by atoms with Crippen LogP contribution in [0.4, 0.5) is 5.69 Å². The maximum atomic E-state index is 13.1. The van der Waals surface area contributed by atoms with Crippen molar-refractivity contribution in [2.75, 3.05) is 25.0 Å². The van der Waals surface area contributed by atoms with E-state index in [0.717, 1.165) is 41.5 Å². The van der Waals surface area contributed by atoms with E-state index in [0.29, 0.717) is 17.1 Å². The molecule has 0 N–H and O–H groups in total. The molecule has 3 rings (SSSR count). The highest BCUT2D eigenvalue weighted by molar-refractivity contribution is 7.11. The lowest BCUT2D eigenvalue weighted by molar-refractivity contribution is -0.141. The number of aromatic nitrogens is 1. The molecule has 1 aliphatic heterocycles. The van der Waals surface area contributed by atoms with Gasteiger partial charge in [0.15, 0.2) is 0 Å². The normalized spacial score (nSPS) is 16.0. The number of thiazole rings is 1. The van der Waals surface area contributed by atoms with Crippen molar-refractivity contribution in [1.29, 1.82) is 5.26 Å². The topological polar surface area (TPSA) is 60.2 Å². The third-order valence-electron chi connectivity index (χ3n) is 5.21. The Hall–Kier alpha value is -2.10. The van der Waals surface area contributed by atoms with Gasteiger partial charge in [0.05, 0.1) is 22.8 Å². The van der Waals surface area contributed by atoms with Crippen LogP contribution in [0.3, 0.4) is 0 Å². The molecule has 2 aromatic rings. The van der Waals surface area contributed by atoms with E-state index in [1.807, 2.05) is 44.1 Å². The van der Waals surface area contributed by atoms with Crippen molar-refractivity contribution in [2.24, 2.45) is 5.41 Å². The molecule has 0 aliphatic carbocycles. The molecule has 27 heavy (non-hydrogen) atoms. The number of hydrogen-bond donors (Lipinski definition) is 0. The number of nitriles is 1. The molecule has 1 aromatic carbocycles. The van der Waals surface area contributed by atoms with Crippen molar-refractivity contribution in [3.63, 3.8) is 0 Å². The maximum Gasteiger partial charge on any atom is 0.228 e. The first-order chi connectivity index (χ1) is 12.8. The summed E-state index contributed by atoms with van der Waals surface area (Å²) in [5.41, 5.74) is 1.09. The van der Waals surface area contributed by atoms with Crippen LogP contribution >= 0.6 is 22.9 Å². The Morgan fingerprint density at radius 1 is 1.44 bits per heavy atom. The summed E-state index contributed by atoms with van der Waals surface area (Å²) in [7, 11) is 1.86. The number of nitrogens with zero attached hydrogens (tertiary/aromatic N) is 4. The number of benzene rings is 1. The van der Waals surface area contributed by atoms with Crippen LogP contribution < -0.4 is 4.90 Å². The minimum atomic E-state index is -0.385. The molecular weight excluding hydrogens is 380 g/mol. The molecule has 5 nitrogen and oxygen atoms in total. The Labute approximate surface area is 169 Å². The van der Waals surface area contributed by atoms with Gasteiger partial charge in [0.1, 0.15) is 6.07 Å². The summed E-state index contributed by atoms with van der Waals surface area (Å²) in [6.45, 7) is 6.10. The second-order valence-corrected chi connectivity index (χ2v) is 9.08. The second kappa shape index (κ2) is 7.87. The number of anilines is 1. The van der Waals surface area contributed by atoms with Crippen molar-refractivity contribution >= 4 is 34.5 Å². The molecule has 1 fully saturated rings. The molecule has 0 radical (unpaired) electrons. The van der Waals surface area contributed by atoms with Gasteiger partial charge in [0.25, 0.3) is 0 Å². The molecule has 0 atom stereocenters. The highest BCUT2D eigenvalue weighted by Gasteiger charge is 2.39. The Bertz CT molecular complexity index is 880.